The van der Waals surface area contributed by atoms with Gasteiger partial charge < -0.3 is 10.6 Å². The molecule has 0 aromatic heterocycles. The van der Waals surface area contributed by atoms with E-state index in [0.717, 1.165) is 18.4 Å². The molecule has 2 rings (SSSR count). The summed E-state index contributed by atoms with van der Waals surface area (Å²) in [6.45, 7) is 2.07. The lowest BCUT2D eigenvalue weighted by molar-refractivity contribution is -0.117. The number of benzene rings is 2. The van der Waals surface area contributed by atoms with Crippen molar-refractivity contribution in [2.24, 2.45) is 0 Å². The van der Waals surface area contributed by atoms with E-state index in [1.165, 1.54) is 0 Å². The van der Waals surface area contributed by atoms with Crippen LogP contribution in [-0.2, 0) is 4.79 Å². The van der Waals surface area contributed by atoms with Crippen LogP contribution in [0.1, 0.15) is 41.6 Å². The van der Waals surface area contributed by atoms with Crippen molar-refractivity contribution in [3.8, 4) is 0 Å². The van der Waals surface area contributed by atoms with E-state index in [1.807, 2.05) is 30.3 Å². The molecule has 4 heteroatoms. The summed E-state index contributed by atoms with van der Waals surface area (Å²) in [5.74, 6) is -0.332. The number of rotatable bonds is 6. The molecule has 0 bridgehead atoms. The average Bonchev–Trinajstić information content (AvgIpc) is 2.60. The number of hydrogen-bond donors (Lipinski definition) is 2. The fourth-order valence-corrected chi connectivity index (χ4v) is 2.50. The Bertz CT molecular complexity index is 651. The van der Waals surface area contributed by atoms with Gasteiger partial charge in [0.15, 0.2) is 0 Å². The predicted molar refractivity (Wildman–Crippen MR) is 92.6 cm³/mol. The lowest BCUT2D eigenvalue weighted by Crippen LogP contribution is -2.21. The molecule has 4 nitrogen and oxygen atoms in total. The van der Waals surface area contributed by atoms with Gasteiger partial charge in [-0.25, -0.2) is 0 Å². The quantitative estimate of drug-likeness (QED) is 0.857. The Balaban J connectivity index is 2.11. The van der Waals surface area contributed by atoms with Crippen molar-refractivity contribution in [2.75, 3.05) is 12.4 Å². The van der Waals surface area contributed by atoms with Gasteiger partial charge in [-0.05, 0) is 36.2 Å². The standard InChI is InChI=1S/C19H22N2O2/c1-3-7-17(14-8-5-4-6-9-14)19(23)21-16-12-10-15(11-13-16)18(22)20-2/h4-6,8-13,17H,3,7H2,1-2H3,(H,20,22)(H,21,23). The molecule has 2 N–H and O–H groups in total. The number of carbonyl (C=O) groups excluding carboxylic acids is 2. The molecule has 0 saturated heterocycles. The van der Waals surface area contributed by atoms with Crippen molar-refractivity contribution >= 4 is 17.5 Å². The van der Waals surface area contributed by atoms with E-state index in [0.29, 0.717) is 11.3 Å². The Morgan fingerprint density at radius 1 is 1.00 bits per heavy atom. The van der Waals surface area contributed by atoms with Gasteiger partial charge in [0, 0.05) is 18.3 Å². The van der Waals surface area contributed by atoms with Gasteiger partial charge in [0.2, 0.25) is 5.91 Å². The minimum Gasteiger partial charge on any atom is -0.355 e. The number of hydrogen-bond acceptors (Lipinski definition) is 2. The van der Waals surface area contributed by atoms with E-state index in [9.17, 15) is 9.59 Å². The van der Waals surface area contributed by atoms with E-state index in [2.05, 4.69) is 17.6 Å². The fraction of sp³-hybridized carbons (Fsp3) is 0.263. The maximum Gasteiger partial charge on any atom is 0.251 e. The van der Waals surface area contributed by atoms with Crippen LogP contribution in [0, 0.1) is 0 Å². The zero-order valence-electron chi connectivity index (χ0n) is 13.5. The van der Waals surface area contributed by atoms with E-state index in [1.54, 1.807) is 31.3 Å². The van der Waals surface area contributed by atoms with Crippen LogP contribution in [0.15, 0.2) is 54.6 Å². The molecule has 2 aromatic carbocycles. The van der Waals surface area contributed by atoms with Crippen LogP contribution in [0.4, 0.5) is 5.69 Å². The maximum absolute atomic E-state index is 12.6. The molecule has 2 aromatic rings. The van der Waals surface area contributed by atoms with Crippen molar-refractivity contribution in [1.82, 2.24) is 5.32 Å². The Labute approximate surface area is 136 Å². The number of nitrogens with one attached hydrogen (secondary N) is 2. The van der Waals surface area contributed by atoms with Gasteiger partial charge >= 0.3 is 0 Å². The topological polar surface area (TPSA) is 58.2 Å². The second kappa shape index (κ2) is 8.13. The molecular formula is C19H22N2O2. The highest BCUT2D eigenvalue weighted by molar-refractivity contribution is 5.97. The molecule has 1 unspecified atom stereocenters. The lowest BCUT2D eigenvalue weighted by Gasteiger charge is -2.16. The number of amides is 2. The molecule has 120 valence electrons. The zero-order chi connectivity index (χ0) is 16.7. The average molecular weight is 310 g/mol. The van der Waals surface area contributed by atoms with E-state index < -0.39 is 0 Å². The van der Waals surface area contributed by atoms with Crippen molar-refractivity contribution < 1.29 is 9.59 Å². The van der Waals surface area contributed by atoms with Gasteiger partial charge in [-0.3, -0.25) is 9.59 Å². The molecule has 1 atom stereocenters. The largest absolute Gasteiger partial charge is 0.355 e. The maximum atomic E-state index is 12.6. The van der Waals surface area contributed by atoms with Crippen LogP contribution < -0.4 is 10.6 Å². The first kappa shape index (κ1) is 16.7. The van der Waals surface area contributed by atoms with Crippen molar-refractivity contribution in [2.45, 2.75) is 25.7 Å². The summed E-state index contributed by atoms with van der Waals surface area (Å²) in [4.78, 5) is 24.1. The highest BCUT2D eigenvalue weighted by Gasteiger charge is 2.19. The van der Waals surface area contributed by atoms with Gasteiger partial charge in [-0.15, -0.1) is 0 Å². The summed E-state index contributed by atoms with van der Waals surface area (Å²) >= 11 is 0. The fourth-order valence-electron chi connectivity index (χ4n) is 2.50. The summed E-state index contributed by atoms with van der Waals surface area (Å²) in [6.07, 6.45) is 1.73. The van der Waals surface area contributed by atoms with Gasteiger partial charge in [-0.1, -0.05) is 43.7 Å². The molecule has 0 saturated carbocycles. The Hall–Kier alpha value is -2.62. The molecule has 0 heterocycles. The van der Waals surface area contributed by atoms with Gasteiger partial charge in [0.25, 0.3) is 5.91 Å². The second-order valence-electron chi connectivity index (χ2n) is 5.40. The van der Waals surface area contributed by atoms with Crippen LogP contribution in [-0.4, -0.2) is 18.9 Å². The van der Waals surface area contributed by atoms with E-state index in [4.69, 9.17) is 0 Å². The third-order valence-corrected chi connectivity index (χ3v) is 3.74. The first-order chi connectivity index (χ1) is 11.2. The van der Waals surface area contributed by atoms with E-state index >= 15 is 0 Å². The molecule has 0 aliphatic carbocycles. The van der Waals surface area contributed by atoms with Crippen LogP contribution in [0.2, 0.25) is 0 Å². The predicted octanol–water partition coefficient (Wildman–Crippen LogP) is 3.57. The van der Waals surface area contributed by atoms with Gasteiger partial charge in [0.05, 0.1) is 5.92 Å². The van der Waals surface area contributed by atoms with Crippen LogP contribution in [0.25, 0.3) is 0 Å². The van der Waals surface area contributed by atoms with Crippen molar-refractivity contribution in [3.05, 3.63) is 65.7 Å². The van der Waals surface area contributed by atoms with Crippen molar-refractivity contribution in [3.63, 3.8) is 0 Å². The monoisotopic (exact) mass is 310 g/mol. The minimum absolute atomic E-state index is 0.0225. The summed E-state index contributed by atoms with van der Waals surface area (Å²) in [5, 5.41) is 5.51. The zero-order valence-corrected chi connectivity index (χ0v) is 13.5. The molecule has 23 heavy (non-hydrogen) atoms. The molecule has 2 amide bonds. The second-order valence-corrected chi connectivity index (χ2v) is 5.40. The number of anilines is 1. The SMILES string of the molecule is CCCC(C(=O)Nc1ccc(C(=O)NC)cc1)c1ccccc1. The smallest absolute Gasteiger partial charge is 0.251 e. The summed E-state index contributed by atoms with van der Waals surface area (Å²) in [6, 6.07) is 16.7. The normalized spacial score (nSPS) is 11.6. The Morgan fingerprint density at radius 2 is 1.65 bits per heavy atom. The van der Waals surface area contributed by atoms with Crippen LogP contribution in [0.3, 0.4) is 0 Å². The minimum atomic E-state index is -0.167. The first-order valence-corrected chi connectivity index (χ1v) is 7.83. The Kier molecular flexibility index (Phi) is 5.92. The van der Waals surface area contributed by atoms with Crippen molar-refractivity contribution in [1.29, 1.82) is 0 Å². The molecule has 0 aliphatic rings. The van der Waals surface area contributed by atoms with Gasteiger partial charge in [-0.2, -0.15) is 0 Å². The molecular weight excluding hydrogens is 288 g/mol. The highest BCUT2D eigenvalue weighted by Crippen LogP contribution is 2.23. The molecule has 0 spiro atoms. The van der Waals surface area contributed by atoms with E-state index in [-0.39, 0.29) is 17.7 Å². The molecule has 0 aliphatic heterocycles. The van der Waals surface area contributed by atoms with Crippen LogP contribution >= 0.6 is 0 Å². The third-order valence-electron chi connectivity index (χ3n) is 3.74. The van der Waals surface area contributed by atoms with Gasteiger partial charge in [0.1, 0.15) is 0 Å². The summed E-state index contributed by atoms with van der Waals surface area (Å²) < 4.78 is 0. The third kappa shape index (κ3) is 4.42. The Morgan fingerprint density at radius 3 is 2.22 bits per heavy atom. The van der Waals surface area contributed by atoms with Crippen LogP contribution in [0.5, 0.6) is 0 Å². The lowest BCUT2D eigenvalue weighted by atomic mass is 9.93. The summed E-state index contributed by atoms with van der Waals surface area (Å²) in [5.41, 5.74) is 2.28. The number of carbonyl (C=O) groups is 2. The summed E-state index contributed by atoms with van der Waals surface area (Å²) in [7, 11) is 1.59. The molecule has 0 fully saturated rings. The highest BCUT2D eigenvalue weighted by atomic mass is 16.2. The molecule has 0 radical (unpaired) electrons. The first-order valence-electron chi connectivity index (χ1n) is 7.83.